The third-order valence-electron chi connectivity index (χ3n) is 4.76. The second kappa shape index (κ2) is 9.77. The van der Waals surface area contributed by atoms with Crippen molar-refractivity contribution in [2.75, 3.05) is 26.2 Å². The fraction of sp³-hybridized carbons (Fsp3) is 1.00. The molecule has 19 heavy (non-hydrogen) atoms. The quantitative estimate of drug-likeness (QED) is 0.682. The molecule has 1 heterocycles. The van der Waals surface area contributed by atoms with Crippen molar-refractivity contribution in [3.63, 3.8) is 0 Å². The molecule has 0 saturated carbocycles. The van der Waals surface area contributed by atoms with Crippen molar-refractivity contribution < 1.29 is 0 Å². The van der Waals surface area contributed by atoms with E-state index in [1.807, 2.05) is 0 Å². The van der Waals surface area contributed by atoms with Gasteiger partial charge in [-0.05, 0) is 63.6 Å². The maximum Gasteiger partial charge on any atom is 0.00952 e. The van der Waals surface area contributed by atoms with E-state index in [1.54, 1.807) is 0 Å². The molecular formula is C17H36N2. The van der Waals surface area contributed by atoms with Crippen LogP contribution < -0.4 is 5.32 Å². The topological polar surface area (TPSA) is 15.3 Å². The first-order valence-corrected chi connectivity index (χ1v) is 8.65. The Morgan fingerprint density at radius 3 is 2.53 bits per heavy atom. The third-order valence-corrected chi connectivity index (χ3v) is 4.76. The zero-order valence-corrected chi connectivity index (χ0v) is 13.8. The zero-order valence-electron chi connectivity index (χ0n) is 13.8. The Kier molecular flexibility index (Phi) is 8.72. The Hall–Kier alpha value is -0.0800. The molecule has 0 spiro atoms. The first kappa shape index (κ1) is 17.0. The molecule has 3 atom stereocenters. The lowest BCUT2D eigenvalue weighted by Gasteiger charge is -2.36. The largest absolute Gasteiger partial charge is 0.316 e. The van der Waals surface area contributed by atoms with Gasteiger partial charge in [0.15, 0.2) is 0 Å². The van der Waals surface area contributed by atoms with Crippen LogP contribution in [0.2, 0.25) is 0 Å². The van der Waals surface area contributed by atoms with Crippen LogP contribution in [0.1, 0.15) is 66.2 Å². The lowest BCUT2D eigenvalue weighted by molar-refractivity contribution is 0.131. The number of rotatable bonds is 9. The Labute approximate surface area is 121 Å². The van der Waals surface area contributed by atoms with E-state index in [9.17, 15) is 0 Å². The van der Waals surface area contributed by atoms with Gasteiger partial charge >= 0.3 is 0 Å². The van der Waals surface area contributed by atoms with E-state index in [4.69, 9.17) is 0 Å². The van der Waals surface area contributed by atoms with E-state index in [-0.39, 0.29) is 0 Å². The molecule has 1 aliphatic heterocycles. The minimum Gasteiger partial charge on any atom is -0.316 e. The molecule has 0 aliphatic carbocycles. The van der Waals surface area contributed by atoms with Gasteiger partial charge in [0.25, 0.3) is 0 Å². The van der Waals surface area contributed by atoms with Crippen molar-refractivity contribution in [3.8, 4) is 0 Å². The van der Waals surface area contributed by atoms with E-state index in [1.165, 1.54) is 64.7 Å². The van der Waals surface area contributed by atoms with Gasteiger partial charge in [-0.25, -0.2) is 0 Å². The Morgan fingerprint density at radius 1 is 1.21 bits per heavy atom. The third kappa shape index (κ3) is 6.27. The lowest BCUT2D eigenvalue weighted by atomic mass is 9.93. The number of hydrogen-bond donors (Lipinski definition) is 1. The molecule has 0 aromatic carbocycles. The molecule has 1 N–H and O–H groups in total. The monoisotopic (exact) mass is 268 g/mol. The highest BCUT2D eigenvalue weighted by Gasteiger charge is 2.22. The number of piperidine rings is 1. The highest BCUT2D eigenvalue weighted by atomic mass is 15.2. The smallest absolute Gasteiger partial charge is 0.00952 e. The zero-order chi connectivity index (χ0) is 14.1. The summed E-state index contributed by atoms with van der Waals surface area (Å²) in [6.07, 6.45) is 8.09. The number of nitrogens with zero attached hydrogens (tertiary/aromatic N) is 1. The minimum absolute atomic E-state index is 0.803. The molecule has 1 rings (SSSR count). The van der Waals surface area contributed by atoms with Crippen LogP contribution in [0, 0.1) is 11.8 Å². The lowest BCUT2D eigenvalue weighted by Crippen LogP contribution is -2.43. The molecule has 1 aliphatic rings. The summed E-state index contributed by atoms with van der Waals surface area (Å²) >= 11 is 0. The fourth-order valence-electron chi connectivity index (χ4n) is 3.33. The van der Waals surface area contributed by atoms with E-state index in [2.05, 4.69) is 37.9 Å². The van der Waals surface area contributed by atoms with Gasteiger partial charge in [-0.15, -0.1) is 0 Å². The molecule has 1 saturated heterocycles. The van der Waals surface area contributed by atoms with Gasteiger partial charge in [-0.3, -0.25) is 0 Å². The number of nitrogens with one attached hydrogen (secondary N) is 1. The molecule has 2 heteroatoms. The SMILES string of the molecule is CCCN(CC1CCCNC1)C(CC)CC(C)CC. The van der Waals surface area contributed by atoms with Gasteiger partial charge in [0.2, 0.25) is 0 Å². The second-order valence-electron chi connectivity index (χ2n) is 6.52. The predicted octanol–water partition coefficient (Wildman–Crippen LogP) is 3.91. The molecule has 0 aromatic rings. The van der Waals surface area contributed by atoms with E-state index >= 15 is 0 Å². The number of hydrogen-bond acceptors (Lipinski definition) is 2. The first-order valence-electron chi connectivity index (χ1n) is 8.65. The Bertz CT molecular complexity index is 211. The van der Waals surface area contributed by atoms with Gasteiger partial charge < -0.3 is 10.2 Å². The second-order valence-corrected chi connectivity index (χ2v) is 6.52. The van der Waals surface area contributed by atoms with Crippen molar-refractivity contribution >= 4 is 0 Å². The van der Waals surface area contributed by atoms with Gasteiger partial charge in [0.05, 0.1) is 0 Å². The van der Waals surface area contributed by atoms with Crippen molar-refractivity contribution in [3.05, 3.63) is 0 Å². The summed E-state index contributed by atoms with van der Waals surface area (Å²) < 4.78 is 0. The average molecular weight is 268 g/mol. The van der Waals surface area contributed by atoms with Crippen LogP contribution in [0.25, 0.3) is 0 Å². The van der Waals surface area contributed by atoms with Crippen LogP contribution in [-0.4, -0.2) is 37.1 Å². The van der Waals surface area contributed by atoms with Gasteiger partial charge in [0, 0.05) is 12.6 Å². The van der Waals surface area contributed by atoms with Crippen LogP contribution in [0.3, 0.4) is 0 Å². The van der Waals surface area contributed by atoms with Crippen LogP contribution in [-0.2, 0) is 0 Å². The minimum atomic E-state index is 0.803. The van der Waals surface area contributed by atoms with Crippen molar-refractivity contribution in [2.24, 2.45) is 11.8 Å². The first-order chi connectivity index (χ1) is 9.21. The van der Waals surface area contributed by atoms with E-state index in [0.717, 1.165) is 17.9 Å². The van der Waals surface area contributed by atoms with Crippen molar-refractivity contribution in [2.45, 2.75) is 72.3 Å². The van der Waals surface area contributed by atoms with E-state index < -0.39 is 0 Å². The molecule has 2 nitrogen and oxygen atoms in total. The van der Waals surface area contributed by atoms with Crippen LogP contribution in [0.15, 0.2) is 0 Å². The summed E-state index contributed by atoms with van der Waals surface area (Å²) in [5, 5.41) is 3.56. The summed E-state index contributed by atoms with van der Waals surface area (Å²) in [7, 11) is 0. The highest BCUT2D eigenvalue weighted by molar-refractivity contribution is 4.78. The molecule has 0 bridgehead atoms. The van der Waals surface area contributed by atoms with Crippen LogP contribution in [0.5, 0.6) is 0 Å². The van der Waals surface area contributed by atoms with Gasteiger partial charge in [0.1, 0.15) is 0 Å². The normalized spacial score (nSPS) is 23.5. The maximum atomic E-state index is 3.56. The summed E-state index contributed by atoms with van der Waals surface area (Å²) in [4.78, 5) is 2.80. The van der Waals surface area contributed by atoms with E-state index in [0.29, 0.717) is 0 Å². The summed E-state index contributed by atoms with van der Waals surface area (Å²) in [5.74, 6) is 1.75. The van der Waals surface area contributed by atoms with Gasteiger partial charge in [-0.1, -0.05) is 34.1 Å². The van der Waals surface area contributed by atoms with Gasteiger partial charge in [-0.2, -0.15) is 0 Å². The summed E-state index contributed by atoms with van der Waals surface area (Å²) in [6, 6.07) is 0.803. The van der Waals surface area contributed by atoms with Crippen molar-refractivity contribution in [1.29, 1.82) is 0 Å². The maximum absolute atomic E-state index is 3.56. The average Bonchev–Trinajstić information content (AvgIpc) is 2.45. The molecular weight excluding hydrogens is 232 g/mol. The highest BCUT2D eigenvalue weighted by Crippen LogP contribution is 2.21. The summed E-state index contributed by atoms with van der Waals surface area (Å²) in [6.45, 7) is 14.5. The molecule has 0 amide bonds. The molecule has 0 radical (unpaired) electrons. The standard InChI is InChI=1S/C17H36N2/c1-5-11-19(14-16-9-8-10-18-13-16)17(7-3)12-15(4)6-2/h15-18H,5-14H2,1-4H3. The van der Waals surface area contributed by atoms with Crippen molar-refractivity contribution in [1.82, 2.24) is 10.2 Å². The molecule has 1 fully saturated rings. The Morgan fingerprint density at radius 2 is 2.00 bits per heavy atom. The molecule has 0 aromatic heterocycles. The van der Waals surface area contributed by atoms with Crippen LogP contribution in [0.4, 0.5) is 0 Å². The molecule has 114 valence electrons. The fourth-order valence-corrected chi connectivity index (χ4v) is 3.33. The molecule has 3 unspecified atom stereocenters. The predicted molar refractivity (Wildman–Crippen MR) is 85.6 cm³/mol. The summed E-state index contributed by atoms with van der Waals surface area (Å²) in [5.41, 5.74) is 0. The Balaban J connectivity index is 2.51. The van der Waals surface area contributed by atoms with Crippen LogP contribution >= 0.6 is 0 Å².